The summed E-state index contributed by atoms with van der Waals surface area (Å²) in [6, 6.07) is 6.13. The van der Waals surface area contributed by atoms with E-state index in [0.29, 0.717) is 22.7 Å². The second-order valence-corrected chi connectivity index (χ2v) is 9.29. The van der Waals surface area contributed by atoms with E-state index in [9.17, 15) is 4.79 Å². The number of ether oxygens (including phenoxy) is 2. The predicted molar refractivity (Wildman–Crippen MR) is 117 cm³/mol. The summed E-state index contributed by atoms with van der Waals surface area (Å²) < 4.78 is 11.4. The van der Waals surface area contributed by atoms with Crippen LogP contribution in [-0.4, -0.2) is 47.1 Å². The number of nitrogens with one attached hydrogen (secondary N) is 2. The first kappa shape index (κ1) is 19.9. The standard InChI is InChI=1S/C18H19N5O3S3/c1-25-13-6-3-10(7-14(13)26-2)12-8-27-16(20-12)21-15(24)9-28-18-23-22-17(29-18)19-11-4-5-11/h3,6-8,11H,4-5,9H2,1-2H3,(H,19,22)(H,20,21,24). The normalized spacial score (nSPS) is 13.2. The summed E-state index contributed by atoms with van der Waals surface area (Å²) in [6.45, 7) is 0. The van der Waals surface area contributed by atoms with Crippen molar-refractivity contribution in [3.8, 4) is 22.8 Å². The summed E-state index contributed by atoms with van der Waals surface area (Å²) >= 11 is 4.22. The number of amides is 1. The van der Waals surface area contributed by atoms with Crippen molar-refractivity contribution in [2.24, 2.45) is 0 Å². The molecule has 0 aliphatic heterocycles. The summed E-state index contributed by atoms with van der Waals surface area (Å²) in [5, 5.41) is 17.6. The molecule has 8 nitrogen and oxygen atoms in total. The van der Waals surface area contributed by atoms with Gasteiger partial charge in [-0.05, 0) is 31.0 Å². The van der Waals surface area contributed by atoms with Crippen LogP contribution in [0.15, 0.2) is 27.9 Å². The number of aromatic nitrogens is 3. The van der Waals surface area contributed by atoms with E-state index in [1.807, 2.05) is 23.6 Å². The van der Waals surface area contributed by atoms with Crippen LogP contribution in [0.5, 0.6) is 11.5 Å². The number of hydrogen-bond donors (Lipinski definition) is 2. The fourth-order valence-electron chi connectivity index (χ4n) is 2.47. The molecule has 1 fully saturated rings. The van der Waals surface area contributed by atoms with Gasteiger partial charge >= 0.3 is 0 Å². The van der Waals surface area contributed by atoms with Gasteiger partial charge in [0.25, 0.3) is 0 Å². The van der Waals surface area contributed by atoms with Gasteiger partial charge in [0.05, 0.1) is 25.7 Å². The molecule has 1 aromatic carbocycles. The number of hydrogen-bond acceptors (Lipinski definition) is 10. The van der Waals surface area contributed by atoms with Crippen molar-refractivity contribution >= 4 is 50.6 Å². The lowest BCUT2D eigenvalue weighted by Gasteiger charge is -2.08. The fraction of sp³-hybridized carbons (Fsp3) is 0.333. The van der Waals surface area contributed by atoms with Crippen molar-refractivity contribution in [1.82, 2.24) is 15.2 Å². The highest BCUT2D eigenvalue weighted by Crippen LogP contribution is 2.34. The Hall–Kier alpha value is -2.37. The van der Waals surface area contributed by atoms with E-state index in [-0.39, 0.29) is 11.7 Å². The summed E-state index contributed by atoms with van der Waals surface area (Å²) in [5.74, 6) is 1.41. The van der Waals surface area contributed by atoms with Gasteiger partial charge in [-0.3, -0.25) is 4.79 Å². The molecule has 4 rings (SSSR count). The average molecular weight is 450 g/mol. The number of nitrogens with zero attached hydrogens (tertiary/aromatic N) is 3. The molecule has 11 heteroatoms. The van der Waals surface area contributed by atoms with E-state index in [1.54, 1.807) is 14.2 Å². The molecule has 152 valence electrons. The van der Waals surface area contributed by atoms with Crippen molar-refractivity contribution in [3.63, 3.8) is 0 Å². The van der Waals surface area contributed by atoms with Crippen LogP contribution < -0.4 is 20.1 Å². The predicted octanol–water partition coefficient (Wildman–Crippen LogP) is 3.98. The summed E-state index contributed by atoms with van der Waals surface area (Å²) in [5.41, 5.74) is 1.65. The molecular formula is C18H19N5O3S3. The van der Waals surface area contributed by atoms with Gasteiger partial charge in [-0.15, -0.1) is 21.5 Å². The summed E-state index contributed by atoms with van der Waals surface area (Å²) in [6.07, 6.45) is 2.37. The van der Waals surface area contributed by atoms with Crippen molar-refractivity contribution in [1.29, 1.82) is 0 Å². The zero-order valence-electron chi connectivity index (χ0n) is 15.8. The minimum Gasteiger partial charge on any atom is -0.493 e. The lowest BCUT2D eigenvalue weighted by Crippen LogP contribution is -2.13. The lowest BCUT2D eigenvalue weighted by molar-refractivity contribution is -0.113. The maximum Gasteiger partial charge on any atom is 0.236 e. The number of rotatable bonds is 9. The molecule has 2 N–H and O–H groups in total. The third-order valence-electron chi connectivity index (χ3n) is 4.07. The van der Waals surface area contributed by atoms with Crippen molar-refractivity contribution in [3.05, 3.63) is 23.6 Å². The van der Waals surface area contributed by atoms with Crippen LogP contribution in [0.2, 0.25) is 0 Å². The molecule has 1 aliphatic carbocycles. The van der Waals surface area contributed by atoms with Crippen LogP contribution in [0.1, 0.15) is 12.8 Å². The molecule has 2 aromatic heterocycles. The molecule has 1 amide bonds. The molecule has 0 spiro atoms. The first-order valence-corrected chi connectivity index (χ1v) is 11.5. The molecule has 1 saturated carbocycles. The quantitative estimate of drug-likeness (QED) is 0.473. The summed E-state index contributed by atoms with van der Waals surface area (Å²) in [7, 11) is 3.19. The third-order valence-corrected chi connectivity index (χ3v) is 6.81. The first-order valence-electron chi connectivity index (χ1n) is 8.85. The molecule has 0 bridgehead atoms. The highest BCUT2D eigenvalue weighted by atomic mass is 32.2. The molecule has 29 heavy (non-hydrogen) atoms. The van der Waals surface area contributed by atoms with Gasteiger partial charge in [-0.25, -0.2) is 4.98 Å². The number of carbonyl (C=O) groups is 1. The maximum absolute atomic E-state index is 12.2. The van der Waals surface area contributed by atoms with E-state index in [1.165, 1.54) is 47.3 Å². The van der Waals surface area contributed by atoms with Crippen molar-refractivity contribution < 1.29 is 14.3 Å². The van der Waals surface area contributed by atoms with Gasteiger partial charge in [-0.2, -0.15) is 0 Å². The molecule has 0 unspecified atom stereocenters. The molecule has 3 aromatic rings. The number of carbonyl (C=O) groups excluding carboxylic acids is 1. The highest BCUT2D eigenvalue weighted by molar-refractivity contribution is 8.01. The van der Waals surface area contributed by atoms with Crippen LogP contribution in [0.25, 0.3) is 11.3 Å². The van der Waals surface area contributed by atoms with Gasteiger partial charge in [0.1, 0.15) is 0 Å². The van der Waals surface area contributed by atoms with Crippen LogP contribution in [-0.2, 0) is 4.79 Å². The van der Waals surface area contributed by atoms with Gasteiger partial charge in [0, 0.05) is 17.0 Å². The monoisotopic (exact) mass is 449 g/mol. The molecule has 0 radical (unpaired) electrons. The minimum atomic E-state index is -0.130. The number of thiazole rings is 1. The van der Waals surface area contributed by atoms with Crippen molar-refractivity contribution in [2.45, 2.75) is 23.2 Å². The van der Waals surface area contributed by atoms with Crippen LogP contribution in [0.3, 0.4) is 0 Å². The Morgan fingerprint density at radius 1 is 1.21 bits per heavy atom. The third kappa shape index (κ3) is 5.17. The second kappa shape index (κ2) is 8.97. The molecule has 2 heterocycles. The topological polar surface area (TPSA) is 98.3 Å². The zero-order valence-corrected chi connectivity index (χ0v) is 18.2. The number of benzene rings is 1. The number of thioether (sulfide) groups is 1. The Labute approximate surface area is 180 Å². The smallest absolute Gasteiger partial charge is 0.236 e. The summed E-state index contributed by atoms with van der Waals surface area (Å²) in [4.78, 5) is 16.7. The van der Waals surface area contributed by atoms with E-state index in [4.69, 9.17) is 9.47 Å². The Balaban J connectivity index is 1.32. The largest absolute Gasteiger partial charge is 0.493 e. The van der Waals surface area contributed by atoms with E-state index >= 15 is 0 Å². The fourth-order valence-corrected chi connectivity index (χ4v) is 4.84. The van der Waals surface area contributed by atoms with Gasteiger partial charge in [0.15, 0.2) is 21.0 Å². The first-order chi connectivity index (χ1) is 14.1. The Morgan fingerprint density at radius 2 is 2.03 bits per heavy atom. The lowest BCUT2D eigenvalue weighted by atomic mass is 10.1. The molecule has 0 atom stereocenters. The van der Waals surface area contributed by atoms with E-state index in [0.717, 1.165) is 20.7 Å². The number of methoxy groups -OCH3 is 2. The zero-order chi connectivity index (χ0) is 20.2. The average Bonchev–Trinajstić information content (AvgIpc) is 3.23. The molecule has 0 saturated heterocycles. The minimum absolute atomic E-state index is 0.130. The SMILES string of the molecule is COc1ccc(-c2csc(NC(=O)CSc3nnc(NC4CC4)s3)n2)cc1OC. The van der Waals surface area contributed by atoms with Gasteiger partial charge in [-0.1, -0.05) is 23.1 Å². The van der Waals surface area contributed by atoms with E-state index < -0.39 is 0 Å². The van der Waals surface area contributed by atoms with Crippen molar-refractivity contribution in [2.75, 3.05) is 30.6 Å². The molecule has 1 aliphatic rings. The Kier molecular flexibility index (Phi) is 6.16. The van der Waals surface area contributed by atoms with E-state index in [2.05, 4.69) is 25.8 Å². The molecular weight excluding hydrogens is 430 g/mol. The van der Waals surface area contributed by atoms with Gasteiger partial charge in [0.2, 0.25) is 11.0 Å². The Bertz CT molecular complexity index is 1000. The van der Waals surface area contributed by atoms with Crippen LogP contribution >= 0.6 is 34.4 Å². The highest BCUT2D eigenvalue weighted by Gasteiger charge is 2.22. The number of anilines is 2. The maximum atomic E-state index is 12.2. The second-order valence-electron chi connectivity index (χ2n) is 6.24. The Morgan fingerprint density at radius 3 is 2.79 bits per heavy atom. The van der Waals surface area contributed by atoms with Gasteiger partial charge < -0.3 is 20.1 Å². The van der Waals surface area contributed by atoms with Crippen LogP contribution in [0, 0.1) is 0 Å². The van der Waals surface area contributed by atoms with Crippen LogP contribution in [0.4, 0.5) is 10.3 Å².